The molecular weight excluding hydrogens is 245 g/mol. The van der Waals surface area contributed by atoms with Crippen molar-refractivity contribution in [1.82, 2.24) is 15.3 Å². The lowest BCUT2D eigenvalue weighted by Crippen LogP contribution is -2.25. The number of hydrogen-bond donors (Lipinski definition) is 1. The molecule has 0 saturated heterocycles. The molecule has 0 atom stereocenters. The molecule has 0 spiro atoms. The summed E-state index contributed by atoms with van der Waals surface area (Å²) in [6, 6.07) is 4.45. The molecule has 0 bridgehead atoms. The number of aryl methyl sites for hydroxylation is 1. The highest BCUT2D eigenvalue weighted by molar-refractivity contribution is 5.39. The number of nitrogens with one attached hydrogen (secondary N) is 1. The largest absolute Gasteiger partial charge is 0.438 e. The van der Waals surface area contributed by atoms with E-state index in [1.54, 1.807) is 6.07 Å². The quantitative estimate of drug-likeness (QED) is 0.899. The van der Waals surface area contributed by atoms with E-state index in [0.29, 0.717) is 18.2 Å². The summed E-state index contributed by atoms with van der Waals surface area (Å²) < 4.78 is 18.9. The Morgan fingerprint density at radius 1 is 1.32 bits per heavy atom. The van der Waals surface area contributed by atoms with Crippen molar-refractivity contribution in [2.24, 2.45) is 0 Å². The topological polar surface area (TPSA) is 47.0 Å². The second kappa shape index (κ2) is 4.93. The van der Waals surface area contributed by atoms with Crippen LogP contribution < -0.4 is 10.1 Å². The molecular formula is C14H14FN3O. The molecule has 2 aromatic rings. The van der Waals surface area contributed by atoms with Gasteiger partial charge in [-0.1, -0.05) is 0 Å². The van der Waals surface area contributed by atoms with Crippen molar-refractivity contribution in [3.8, 4) is 11.6 Å². The van der Waals surface area contributed by atoms with Crippen LogP contribution in [0.2, 0.25) is 0 Å². The van der Waals surface area contributed by atoms with Gasteiger partial charge in [0, 0.05) is 19.5 Å². The van der Waals surface area contributed by atoms with E-state index in [-0.39, 0.29) is 5.82 Å². The number of rotatable bonds is 2. The van der Waals surface area contributed by atoms with Gasteiger partial charge in [-0.15, -0.1) is 0 Å². The van der Waals surface area contributed by atoms with E-state index in [0.717, 1.165) is 29.8 Å². The van der Waals surface area contributed by atoms with Gasteiger partial charge < -0.3 is 10.1 Å². The predicted molar refractivity (Wildman–Crippen MR) is 68.7 cm³/mol. The summed E-state index contributed by atoms with van der Waals surface area (Å²) in [6.07, 6.45) is 2.38. The van der Waals surface area contributed by atoms with Gasteiger partial charge in [-0.2, -0.15) is 0 Å². The van der Waals surface area contributed by atoms with Crippen LogP contribution in [0, 0.1) is 12.7 Å². The zero-order valence-electron chi connectivity index (χ0n) is 10.6. The molecule has 98 valence electrons. The van der Waals surface area contributed by atoms with E-state index in [1.165, 1.54) is 18.5 Å². The van der Waals surface area contributed by atoms with Crippen molar-refractivity contribution in [3.63, 3.8) is 0 Å². The molecule has 5 heteroatoms. The highest BCUT2D eigenvalue weighted by Gasteiger charge is 2.17. The van der Waals surface area contributed by atoms with Crippen LogP contribution >= 0.6 is 0 Å². The molecule has 1 aliphatic heterocycles. The van der Waals surface area contributed by atoms with Crippen molar-refractivity contribution in [3.05, 3.63) is 47.2 Å². The summed E-state index contributed by atoms with van der Waals surface area (Å²) in [5.41, 5.74) is 2.75. The SMILES string of the molecule is Cc1cc(F)ccc1Oc1ncnc2c1CNCC2. The van der Waals surface area contributed by atoms with Crippen LogP contribution in [0.15, 0.2) is 24.5 Å². The molecule has 0 amide bonds. The maximum absolute atomic E-state index is 13.1. The van der Waals surface area contributed by atoms with Gasteiger partial charge in [-0.05, 0) is 30.7 Å². The third kappa shape index (κ3) is 2.42. The molecule has 0 fully saturated rings. The Balaban J connectivity index is 1.95. The molecule has 3 rings (SSSR count). The minimum atomic E-state index is -0.267. The number of fused-ring (bicyclic) bond motifs is 1. The zero-order chi connectivity index (χ0) is 13.2. The normalized spacial score (nSPS) is 14.0. The van der Waals surface area contributed by atoms with Gasteiger partial charge in [-0.25, -0.2) is 14.4 Å². The first-order valence-electron chi connectivity index (χ1n) is 6.21. The smallest absolute Gasteiger partial charge is 0.227 e. The van der Waals surface area contributed by atoms with Gasteiger partial charge in [-0.3, -0.25) is 0 Å². The van der Waals surface area contributed by atoms with Gasteiger partial charge in [0.05, 0.1) is 11.3 Å². The fraction of sp³-hybridized carbons (Fsp3) is 0.286. The van der Waals surface area contributed by atoms with Crippen LogP contribution in [0.4, 0.5) is 4.39 Å². The molecule has 4 nitrogen and oxygen atoms in total. The van der Waals surface area contributed by atoms with Crippen molar-refractivity contribution in [2.75, 3.05) is 6.54 Å². The minimum absolute atomic E-state index is 0.267. The van der Waals surface area contributed by atoms with Crippen molar-refractivity contribution in [1.29, 1.82) is 0 Å². The minimum Gasteiger partial charge on any atom is -0.438 e. The molecule has 1 N–H and O–H groups in total. The Labute approximate surface area is 110 Å². The summed E-state index contributed by atoms with van der Waals surface area (Å²) in [6.45, 7) is 3.43. The molecule has 1 aromatic carbocycles. The summed E-state index contributed by atoms with van der Waals surface area (Å²) in [5, 5.41) is 3.27. The van der Waals surface area contributed by atoms with Crippen LogP contribution in [0.25, 0.3) is 0 Å². The number of halogens is 1. The fourth-order valence-electron chi connectivity index (χ4n) is 2.16. The Kier molecular flexibility index (Phi) is 3.13. The molecule has 0 unspecified atom stereocenters. The molecule has 0 aliphatic carbocycles. The van der Waals surface area contributed by atoms with Gasteiger partial charge in [0.2, 0.25) is 5.88 Å². The summed E-state index contributed by atoms with van der Waals surface area (Å²) >= 11 is 0. The van der Waals surface area contributed by atoms with Crippen LogP contribution in [-0.2, 0) is 13.0 Å². The van der Waals surface area contributed by atoms with Crippen LogP contribution in [0.3, 0.4) is 0 Å². The van der Waals surface area contributed by atoms with E-state index < -0.39 is 0 Å². The first-order valence-corrected chi connectivity index (χ1v) is 6.21. The molecule has 1 aromatic heterocycles. The number of hydrogen-bond acceptors (Lipinski definition) is 4. The third-order valence-electron chi connectivity index (χ3n) is 3.18. The van der Waals surface area contributed by atoms with Gasteiger partial charge >= 0.3 is 0 Å². The van der Waals surface area contributed by atoms with E-state index >= 15 is 0 Å². The highest BCUT2D eigenvalue weighted by Crippen LogP contribution is 2.28. The summed E-state index contributed by atoms with van der Waals surface area (Å²) in [5.74, 6) is 0.899. The van der Waals surface area contributed by atoms with Crippen LogP contribution in [0.1, 0.15) is 16.8 Å². The first-order chi connectivity index (χ1) is 9.24. The molecule has 2 heterocycles. The maximum Gasteiger partial charge on any atom is 0.227 e. The summed E-state index contributed by atoms with van der Waals surface area (Å²) in [7, 11) is 0. The number of aromatic nitrogens is 2. The Morgan fingerprint density at radius 3 is 3.05 bits per heavy atom. The van der Waals surface area contributed by atoms with E-state index in [9.17, 15) is 4.39 Å². The number of benzene rings is 1. The van der Waals surface area contributed by atoms with Crippen LogP contribution in [-0.4, -0.2) is 16.5 Å². The average molecular weight is 259 g/mol. The zero-order valence-corrected chi connectivity index (χ0v) is 10.6. The molecule has 19 heavy (non-hydrogen) atoms. The second-order valence-corrected chi connectivity index (χ2v) is 4.54. The van der Waals surface area contributed by atoms with Gasteiger partial charge in [0.1, 0.15) is 17.9 Å². The molecule has 0 saturated carbocycles. The average Bonchev–Trinajstić information content (AvgIpc) is 2.42. The van der Waals surface area contributed by atoms with Gasteiger partial charge in [0.15, 0.2) is 0 Å². The monoisotopic (exact) mass is 259 g/mol. The number of ether oxygens (including phenoxy) is 1. The number of nitrogens with zero attached hydrogens (tertiary/aromatic N) is 2. The first kappa shape index (κ1) is 12.0. The van der Waals surface area contributed by atoms with E-state index in [1.807, 2.05) is 6.92 Å². The maximum atomic E-state index is 13.1. The summed E-state index contributed by atoms with van der Waals surface area (Å²) in [4.78, 5) is 8.45. The lowest BCUT2D eigenvalue weighted by Gasteiger charge is -2.18. The Hall–Kier alpha value is -2.01. The third-order valence-corrected chi connectivity index (χ3v) is 3.18. The lowest BCUT2D eigenvalue weighted by atomic mass is 10.1. The highest BCUT2D eigenvalue weighted by atomic mass is 19.1. The standard InChI is InChI=1S/C14H14FN3O/c1-9-6-10(15)2-3-13(9)19-14-11-7-16-5-4-12(11)17-8-18-14/h2-3,6,8,16H,4-5,7H2,1H3. The van der Waals surface area contributed by atoms with Crippen molar-refractivity contribution >= 4 is 0 Å². The van der Waals surface area contributed by atoms with Crippen molar-refractivity contribution in [2.45, 2.75) is 19.9 Å². The van der Waals surface area contributed by atoms with Gasteiger partial charge in [0.25, 0.3) is 0 Å². The molecule has 1 aliphatic rings. The van der Waals surface area contributed by atoms with E-state index in [4.69, 9.17) is 4.74 Å². The van der Waals surface area contributed by atoms with Crippen molar-refractivity contribution < 1.29 is 9.13 Å². The lowest BCUT2D eigenvalue weighted by molar-refractivity contribution is 0.439. The predicted octanol–water partition coefficient (Wildman–Crippen LogP) is 2.36. The second-order valence-electron chi connectivity index (χ2n) is 4.54. The van der Waals surface area contributed by atoms with E-state index in [2.05, 4.69) is 15.3 Å². The Bertz CT molecular complexity index is 616. The fourth-order valence-corrected chi connectivity index (χ4v) is 2.16. The van der Waals surface area contributed by atoms with Crippen LogP contribution in [0.5, 0.6) is 11.6 Å². The molecule has 0 radical (unpaired) electrons. The Morgan fingerprint density at radius 2 is 2.21 bits per heavy atom.